The zero-order valence-electron chi connectivity index (χ0n) is 17.2. The molecule has 3 heterocycles. The largest absolute Gasteiger partial charge is 0.276 e. The van der Waals surface area contributed by atoms with E-state index in [2.05, 4.69) is 14.7 Å². The standard InChI is InChI=1S/C24H14ClF2N3O2S2/c25-23-21(30-34(31,32)22-7-6-17(26)10-20(22)27)9-16(12-28-23)19-13-33-24-18(19)8-15(11-29-24)14-4-2-1-3-5-14/h1-13,30H. The molecule has 0 unspecified atom stereocenters. The van der Waals surface area contributed by atoms with E-state index in [1.54, 1.807) is 6.20 Å². The van der Waals surface area contributed by atoms with Crippen LogP contribution in [0.1, 0.15) is 0 Å². The van der Waals surface area contributed by atoms with Crippen LogP contribution in [0.5, 0.6) is 0 Å². The van der Waals surface area contributed by atoms with E-state index in [9.17, 15) is 17.2 Å². The molecule has 0 fully saturated rings. The first-order valence-electron chi connectivity index (χ1n) is 9.88. The van der Waals surface area contributed by atoms with Gasteiger partial charge in [0.25, 0.3) is 10.0 Å². The molecule has 5 aromatic rings. The van der Waals surface area contributed by atoms with Gasteiger partial charge in [-0.3, -0.25) is 4.72 Å². The number of anilines is 1. The van der Waals surface area contributed by atoms with Gasteiger partial charge < -0.3 is 0 Å². The number of pyridine rings is 2. The van der Waals surface area contributed by atoms with E-state index in [1.165, 1.54) is 23.6 Å². The number of benzene rings is 2. The van der Waals surface area contributed by atoms with E-state index in [-0.39, 0.29) is 10.8 Å². The number of hydrogen-bond acceptors (Lipinski definition) is 5. The molecule has 0 spiro atoms. The fourth-order valence-electron chi connectivity index (χ4n) is 3.49. The van der Waals surface area contributed by atoms with Crippen LogP contribution >= 0.6 is 22.9 Å². The number of nitrogens with zero attached hydrogens (tertiary/aromatic N) is 2. The highest BCUT2D eigenvalue weighted by Crippen LogP contribution is 2.37. The SMILES string of the molecule is O=S(=O)(Nc1cc(-c2csc3ncc(-c4ccccc4)cc23)cnc1Cl)c1ccc(F)cc1F. The summed E-state index contributed by atoms with van der Waals surface area (Å²) in [6, 6.07) is 15.5. The Morgan fingerprint density at radius 2 is 1.65 bits per heavy atom. The van der Waals surface area contributed by atoms with Crippen LogP contribution in [0.2, 0.25) is 5.15 Å². The molecule has 2 aromatic carbocycles. The number of sulfonamides is 1. The topological polar surface area (TPSA) is 72.0 Å². The predicted octanol–water partition coefficient (Wildman–Crippen LogP) is 6.76. The van der Waals surface area contributed by atoms with Crippen molar-refractivity contribution < 1.29 is 17.2 Å². The van der Waals surface area contributed by atoms with E-state index >= 15 is 0 Å². The van der Waals surface area contributed by atoms with Crippen LogP contribution in [0, 0.1) is 11.6 Å². The summed E-state index contributed by atoms with van der Waals surface area (Å²) in [6.45, 7) is 0. The summed E-state index contributed by atoms with van der Waals surface area (Å²) >= 11 is 7.58. The molecule has 0 saturated carbocycles. The van der Waals surface area contributed by atoms with Gasteiger partial charge in [-0.1, -0.05) is 41.9 Å². The highest BCUT2D eigenvalue weighted by molar-refractivity contribution is 7.92. The third-order valence-corrected chi connectivity index (χ3v) is 7.72. The quantitative estimate of drug-likeness (QED) is 0.264. The third kappa shape index (κ3) is 4.25. The van der Waals surface area contributed by atoms with E-state index < -0.39 is 26.6 Å². The minimum atomic E-state index is -4.38. The average molecular weight is 514 g/mol. The Hall–Kier alpha value is -3.40. The molecule has 0 aliphatic rings. The Labute approximate surface area is 202 Å². The van der Waals surface area contributed by atoms with Crippen molar-refractivity contribution in [2.24, 2.45) is 0 Å². The van der Waals surface area contributed by atoms with Gasteiger partial charge in [0.15, 0.2) is 5.15 Å². The van der Waals surface area contributed by atoms with Crippen molar-refractivity contribution in [3.8, 4) is 22.3 Å². The molecule has 5 rings (SSSR count). The van der Waals surface area contributed by atoms with Crippen molar-refractivity contribution in [1.29, 1.82) is 0 Å². The van der Waals surface area contributed by atoms with Crippen LogP contribution in [0.3, 0.4) is 0 Å². The summed E-state index contributed by atoms with van der Waals surface area (Å²) in [7, 11) is -4.38. The van der Waals surface area contributed by atoms with Gasteiger partial charge in [0.2, 0.25) is 0 Å². The fourth-order valence-corrected chi connectivity index (χ4v) is 5.72. The molecule has 0 bridgehead atoms. The van der Waals surface area contributed by atoms with Gasteiger partial charge in [-0.2, -0.15) is 0 Å². The molecular weight excluding hydrogens is 500 g/mol. The Morgan fingerprint density at radius 1 is 0.882 bits per heavy atom. The molecule has 5 nitrogen and oxygen atoms in total. The van der Waals surface area contributed by atoms with Gasteiger partial charge in [-0.05, 0) is 29.8 Å². The summed E-state index contributed by atoms with van der Waals surface area (Å²) in [4.78, 5) is 8.76. The third-order valence-electron chi connectivity index (χ3n) is 5.11. The van der Waals surface area contributed by atoms with Crippen molar-refractivity contribution in [2.75, 3.05) is 4.72 Å². The number of nitrogens with one attached hydrogen (secondary N) is 1. The molecule has 170 valence electrons. The minimum absolute atomic E-state index is 0.0329. The zero-order chi connectivity index (χ0) is 23.9. The maximum atomic E-state index is 14.1. The van der Waals surface area contributed by atoms with Crippen LogP contribution in [0.25, 0.3) is 32.5 Å². The molecule has 1 N–H and O–H groups in total. The molecule has 0 atom stereocenters. The Morgan fingerprint density at radius 3 is 2.41 bits per heavy atom. The molecular formula is C24H14ClF2N3O2S2. The summed E-state index contributed by atoms with van der Waals surface area (Å²) in [5.74, 6) is -2.10. The van der Waals surface area contributed by atoms with Crippen molar-refractivity contribution in [2.45, 2.75) is 4.90 Å². The second kappa shape index (κ2) is 8.75. The van der Waals surface area contributed by atoms with Crippen molar-refractivity contribution in [3.05, 3.63) is 95.2 Å². The van der Waals surface area contributed by atoms with Crippen LogP contribution in [0.15, 0.2) is 83.3 Å². The molecule has 0 saturated heterocycles. The highest BCUT2D eigenvalue weighted by atomic mass is 35.5. The fraction of sp³-hybridized carbons (Fsp3) is 0. The number of aromatic nitrogens is 2. The van der Waals surface area contributed by atoms with Gasteiger partial charge >= 0.3 is 0 Å². The second-order valence-electron chi connectivity index (χ2n) is 7.33. The van der Waals surface area contributed by atoms with Crippen molar-refractivity contribution in [1.82, 2.24) is 9.97 Å². The van der Waals surface area contributed by atoms with Gasteiger partial charge in [0.1, 0.15) is 21.4 Å². The number of thiophene rings is 1. The minimum Gasteiger partial charge on any atom is -0.276 e. The summed E-state index contributed by atoms with van der Waals surface area (Å²) in [6.07, 6.45) is 3.32. The number of rotatable bonds is 5. The molecule has 0 aliphatic heterocycles. The monoisotopic (exact) mass is 513 g/mol. The van der Waals surface area contributed by atoms with E-state index in [4.69, 9.17) is 11.6 Å². The summed E-state index contributed by atoms with van der Waals surface area (Å²) in [5.41, 5.74) is 3.30. The Bertz CT molecular complexity index is 1640. The Balaban J connectivity index is 1.55. The normalized spacial score (nSPS) is 11.6. The lowest BCUT2D eigenvalue weighted by atomic mass is 10.0. The first kappa shape index (κ1) is 22.4. The van der Waals surface area contributed by atoms with Gasteiger partial charge in [-0.25, -0.2) is 27.2 Å². The number of hydrogen-bond donors (Lipinski definition) is 1. The van der Waals surface area contributed by atoms with E-state index in [0.717, 1.165) is 39.0 Å². The van der Waals surface area contributed by atoms with Gasteiger partial charge in [0, 0.05) is 45.9 Å². The van der Waals surface area contributed by atoms with E-state index in [0.29, 0.717) is 11.6 Å². The second-order valence-corrected chi connectivity index (χ2v) is 10.2. The highest BCUT2D eigenvalue weighted by Gasteiger charge is 2.22. The number of fused-ring (bicyclic) bond motifs is 1. The lowest BCUT2D eigenvalue weighted by molar-refractivity contribution is 0.551. The number of halogens is 3. The lowest BCUT2D eigenvalue weighted by Gasteiger charge is -2.11. The smallest absolute Gasteiger partial charge is 0.264 e. The molecule has 34 heavy (non-hydrogen) atoms. The van der Waals surface area contributed by atoms with Crippen LogP contribution in [-0.4, -0.2) is 18.4 Å². The van der Waals surface area contributed by atoms with Gasteiger partial charge in [-0.15, -0.1) is 11.3 Å². The van der Waals surface area contributed by atoms with Crippen LogP contribution in [-0.2, 0) is 10.0 Å². The summed E-state index contributed by atoms with van der Waals surface area (Å²) in [5, 5.41) is 2.65. The molecule has 10 heteroatoms. The Kier molecular flexibility index (Phi) is 5.76. The van der Waals surface area contributed by atoms with Crippen LogP contribution in [0.4, 0.5) is 14.5 Å². The van der Waals surface area contributed by atoms with Gasteiger partial charge in [0.05, 0.1) is 5.69 Å². The molecule has 3 aromatic heterocycles. The average Bonchev–Trinajstić information content (AvgIpc) is 3.24. The maximum Gasteiger partial charge on any atom is 0.264 e. The van der Waals surface area contributed by atoms with Crippen LogP contribution < -0.4 is 4.72 Å². The molecule has 0 radical (unpaired) electrons. The molecule has 0 amide bonds. The summed E-state index contributed by atoms with van der Waals surface area (Å²) < 4.78 is 55.0. The van der Waals surface area contributed by atoms with Crippen molar-refractivity contribution >= 4 is 48.9 Å². The van der Waals surface area contributed by atoms with Crippen molar-refractivity contribution in [3.63, 3.8) is 0 Å². The predicted molar refractivity (Wildman–Crippen MR) is 130 cm³/mol. The lowest BCUT2D eigenvalue weighted by Crippen LogP contribution is -2.15. The van der Waals surface area contributed by atoms with E-state index in [1.807, 2.05) is 41.8 Å². The molecule has 0 aliphatic carbocycles. The zero-order valence-corrected chi connectivity index (χ0v) is 19.6. The maximum absolute atomic E-state index is 14.1. The first-order chi connectivity index (χ1) is 16.3. The first-order valence-corrected chi connectivity index (χ1v) is 12.6.